The molecule has 0 fully saturated rings. The van der Waals surface area contributed by atoms with Crippen molar-refractivity contribution in [3.05, 3.63) is 31.7 Å². The average molecular weight is 347 g/mol. The monoisotopic (exact) mass is 344 g/mol. The summed E-state index contributed by atoms with van der Waals surface area (Å²) >= 11 is 17.8. The third-order valence-corrected chi connectivity index (χ3v) is 3.83. The largest absolute Gasteiger partial charge is 0.293 e. The van der Waals surface area contributed by atoms with E-state index in [4.69, 9.17) is 23.2 Å². The van der Waals surface area contributed by atoms with Gasteiger partial charge in [0.05, 0.1) is 10.9 Å². The van der Waals surface area contributed by atoms with Crippen molar-refractivity contribution in [3.8, 4) is 0 Å². The van der Waals surface area contributed by atoms with Crippen molar-refractivity contribution in [1.29, 1.82) is 0 Å². The third-order valence-electron chi connectivity index (χ3n) is 1.43. The molecule has 0 unspecified atom stereocenters. The second-order valence-electron chi connectivity index (χ2n) is 2.30. The normalized spacial score (nSPS) is 10.2. The van der Waals surface area contributed by atoms with Crippen LogP contribution in [-0.4, -0.2) is 11.7 Å². The molecule has 1 nitrogen and oxygen atoms in total. The maximum absolute atomic E-state index is 11.2. The van der Waals surface area contributed by atoms with E-state index in [9.17, 15) is 4.79 Å². The van der Waals surface area contributed by atoms with Gasteiger partial charge in [0.1, 0.15) is 0 Å². The van der Waals surface area contributed by atoms with Crippen LogP contribution in [-0.2, 0) is 0 Å². The maximum Gasteiger partial charge on any atom is 0.179 e. The van der Waals surface area contributed by atoms with Crippen LogP contribution in [0.4, 0.5) is 0 Å². The van der Waals surface area contributed by atoms with E-state index in [1.165, 1.54) is 0 Å². The molecular formula is C8H4Br2Cl2O. The van der Waals surface area contributed by atoms with E-state index in [1.807, 2.05) is 0 Å². The van der Waals surface area contributed by atoms with Gasteiger partial charge in [-0.05, 0) is 44.0 Å². The number of carbonyl (C=O) groups is 1. The zero-order valence-electron chi connectivity index (χ0n) is 6.28. The molecule has 1 aromatic carbocycles. The maximum atomic E-state index is 11.2. The second-order valence-corrected chi connectivity index (χ2v) is 4.69. The number of halogens is 4. The number of hydrogen-bond donors (Lipinski definition) is 0. The molecule has 0 aliphatic carbocycles. The Morgan fingerprint density at radius 1 is 1.31 bits per heavy atom. The van der Waals surface area contributed by atoms with E-state index < -0.39 is 0 Å². The molecule has 0 bridgehead atoms. The lowest BCUT2D eigenvalue weighted by atomic mass is 10.1. The summed E-state index contributed by atoms with van der Waals surface area (Å²) in [6.45, 7) is 0. The first-order chi connectivity index (χ1) is 6.06. The molecule has 0 spiro atoms. The molecule has 0 saturated heterocycles. The van der Waals surface area contributed by atoms with E-state index in [0.29, 0.717) is 10.6 Å². The molecule has 0 aromatic heterocycles. The van der Waals surface area contributed by atoms with E-state index in [0.717, 1.165) is 8.95 Å². The molecule has 0 aliphatic rings. The van der Waals surface area contributed by atoms with Crippen molar-refractivity contribution in [2.45, 2.75) is 0 Å². The van der Waals surface area contributed by atoms with Crippen molar-refractivity contribution < 1.29 is 4.79 Å². The highest BCUT2D eigenvalue weighted by molar-refractivity contribution is 9.13. The summed E-state index contributed by atoms with van der Waals surface area (Å²) in [5.41, 5.74) is 0.437. The minimum absolute atomic E-state index is 0.0617. The highest BCUT2D eigenvalue weighted by atomic mass is 79.9. The Morgan fingerprint density at radius 3 is 2.38 bits per heavy atom. The molecule has 0 aliphatic heterocycles. The second kappa shape index (κ2) is 4.78. The van der Waals surface area contributed by atoms with Crippen LogP contribution in [0.5, 0.6) is 0 Å². The van der Waals surface area contributed by atoms with Crippen molar-refractivity contribution >= 4 is 60.8 Å². The highest BCUT2D eigenvalue weighted by Gasteiger charge is 2.11. The van der Waals surface area contributed by atoms with Crippen LogP contribution < -0.4 is 0 Å². The Balaban J connectivity index is 3.23. The standard InChI is InChI=1S/C8H4Br2Cl2O/c9-5-1-4(8(13)3-11)7(12)2-6(5)10/h1-2H,3H2. The molecule has 0 saturated carbocycles. The minimum atomic E-state index is -0.181. The summed E-state index contributed by atoms with van der Waals surface area (Å²) in [6, 6.07) is 3.31. The number of alkyl halides is 1. The Morgan fingerprint density at radius 2 is 1.85 bits per heavy atom. The van der Waals surface area contributed by atoms with E-state index in [1.54, 1.807) is 12.1 Å². The summed E-state index contributed by atoms with van der Waals surface area (Å²) in [6.07, 6.45) is 0. The van der Waals surface area contributed by atoms with Gasteiger partial charge in [0.25, 0.3) is 0 Å². The molecule has 5 heteroatoms. The van der Waals surface area contributed by atoms with Gasteiger partial charge in [-0.15, -0.1) is 11.6 Å². The van der Waals surface area contributed by atoms with Crippen molar-refractivity contribution in [1.82, 2.24) is 0 Å². The summed E-state index contributed by atoms with van der Waals surface area (Å²) in [5, 5.41) is 0.403. The van der Waals surface area contributed by atoms with E-state index in [-0.39, 0.29) is 11.7 Å². The fourth-order valence-electron chi connectivity index (χ4n) is 0.808. The third kappa shape index (κ3) is 2.69. The van der Waals surface area contributed by atoms with Gasteiger partial charge < -0.3 is 0 Å². The average Bonchev–Trinajstić information content (AvgIpc) is 2.10. The van der Waals surface area contributed by atoms with Crippen LogP contribution >= 0.6 is 55.1 Å². The topological polar surface area (TPSA) is 17.1 Å². The Labute approximate surface area is 103 Å². The predicted molar refractivity (Wildman–Crippen MR) is 61.9 cm³/mol. The van der Waals surface area contributed by atoms with Crippen LogP contribution in [0.1, 0.15) is 10.4 Å². The Bertz CT molecular complexity index is 352. The summed E-state index contributed by atoms with van der Waals surface area (Å²) < 4.78 is 1.59. The fraction of sp³-hybridized carbons (Fsp3) is 0.125. The predicted octanol–water partition coefficient (Wildman–Crippen LogP) is 4.29. The van der Waals surface area contributed by atoms with Gasteiger partial charge in [0.2, 0.25) is 0 Å². The van der Waals surface area contributed by atoms with Crippen LogP contribution in [0, 0.1) is 0 Å². The quantitative estimate of drug-likeness (QED) is 0.443. The summed E-state index contributed by atoms with van der Waals surface area (Å²) in [7, 11) is 0. The molecule has 1 rings (SSSR count). The van der Waals surface area contributed by atoms with Gasteiger partial charge >= 0.3 is 0 Å². The first kappa shape index (κ1) is 11.5. The molecule has 0 N–H and O–H groups in total. The number of ketones is 1. The first-order valence-electron chi connectivity index (χ1n) is 3.30. The highest BCUT2D eigenvalue weighted by Crippen LogP contribution is 2.29. The molecule has 13 heavy (non-hydrogen) atoms. The van der Waals surface area contributed by atoms with Crippen LogP contribution in [0.2, 0.25) is 5.02 Å². The van der Waals surface area contributed by atoms with Crippen molar-refractivity contribution in [2.75, 3.05) is 5.88 Å². The lowest BCUT2D eigenvalue weighted by Gasteiger charge is -2.03. The molecule has 1 aromatic rings. The minimum Gasteiger partial charge on any atom is -0.293 e. The SMILES string of the molecule is O=C(CCl)c1cc(Br)c(Br)cc1Cl. The molecule has 0 atom stereocenters. The lowest BCUT2D eigenvalue weighted by Crippen LogP contribution is -2.01. The van der Waals surface area contributed by atoms with E-state index >= 15 is 0 Å². The van der Waals surface area contributed by atoms with Crippen molar-refractivity contribution in [3.63, 3.8) is 0 Å². The number of hydrogen-bond acceptors (Lipinski definition) is 1. The van der Waals surface area contributed by atoms with Crippen LogP contribution in [0.15, 0.2) is 21.1 Å². The molecule has 0 amide bonds. The fourth-order valence-corrected chi connectivity index (χ4v) is 2.04. The van der Waals surface area contributed by atoms with Crippen molar-refractivity contribution in [2.24, 2.45) is 0 Å². The van der Waals surface area contributed by atoms with Gasteiger partial charge in [0.15, 0.2) is 5.78 Å². The molecule has 0 radical (unpaired) electrons. The van der Waals surface area contributed by atoms with Gasteiger partial charge in [-0.1, -0.05) is 11.6 Å². The smallest absolute Gasteiger partial charge is 0.179 e. The van der Waals surface area contributed by atoms with Crippen LogP contribution in [0.25, 0.3) is 0 Å². The summed E-state index contributed by atoms with van der Waals surface area (Å²) in [5.74, 6) is -0.242. The molecular weight excluding hydrogens is 343 g/mol. The van der Waals surface area contributed by atoms with E-state index in [2.05, 4.69) is 31.9 Å². The lowest BCUT2D eigenvalue weighted by molar-refractivity contribution is 0.102. The van der Waals surface area contributed by atoms with Gasteiger partial charge in [0, 0.05) is 14.5 Å². The number of benzene rings is 1. The van der Waals surface area contributed by atoms with Gasteiger partial charge in [-0.25, -0.2) is 0 Å². The molecule has 0 heterocycles. The van der Waals surface area contributed by atoms with Gasteiger partial charge in [-0.2, -0.15) is 0 Å². The number of rotatable bonds is 2. The first-order valence-corrected chi connectivity index (χ1v) is 5.80. The Hall–Kier alpha value is 0.430. The zero-order valence-corrected chi connectivity index (χ0v) is 11.0. The van der Waals surface area contributed by atoms with Crippen LogP contribution in [0.3, 0.4) is 0 Å². The van der Waals surface area contributed by atoms with Gasteiger partial charge in [-0.3, -0.25) is 4.79 Å². The number of Topliss-reactive ketones (excluding diaryl/α,β-unsaturated/α-hetero) is 1. The Kier molecular flexibility index (Phi) is 4.23. The summed E-state index contributed by atoms with van der Waals surface area (Å²) in [4.78, 5) is 11.2. The number of carbonyl (C=O) groups excluding carboxylic acids is 1. The molecule has 70 valence electrons. The zero-order chi connectivity index (χ0) is 10.0.